The molecule has 2 amide bonds. The third kappa shape index (κ3) is 6.52. The highest BCUT2D eigenvalue weighted by atomic mass is 79.9. The van der Waals surface area contributed by atoms with Gasteiger partial charge in [0, 0.05) is 29.5 Å². The Bertz CT molecular complexity index is 720. The topological polar surface area (TPSA) is 58.6 Å². The van der Waals surface area contributed by atoms with E-state index in [4.69, 9.17) is 4.74 Å². The third-order valence-corrected chi connectivity index (χ3v) is 4.36. The summed E-state index contributed by atoms with van der Waals surface area (Å²) in [6.45, 7) is 2.72. The molecule has 1 N–H and O–H groups in total. The minimum Gasteiger partial charge on any atom is -0.492 e. The van der Waals surface area contributed by atoms with Gasteiger partial charge < -0.3 is 15.0 Å². The van der Waals surface area contributed by atoms with Crippen molar-refractivity contribution in [2.75, 3.05) is 20.2 Å². The molecule has 0 aliphatic rings. The van der Waals surface area contributed by atoms with Crippen LogP contribution in [-0.4, -0.2) is 43.0 Å². The molecule has 0 bridgehead atoms. The van der Waals surface area contributed by atoms with Gasteiger partial charge in [0.05, 0.1) is 6.54 Å². The summed E-state index contributed by atoms with van der Waals surface area (Å²) in [4.78, 5) is 26.0. The highest BCUT2D eigenvalue weighted by Crippen LogP contribution is 2.15. The normalized spacial score (nSPS) is 11.5. The molecule has 1 atom stereocenters. The van der Waals surface area contributed by atoms with Crippen molar-refractivity contribution in [3.05, 3.63) is 64.6 Å². The van der Waals surface area contributed by atoms with Gasteiger partial charge in [0.2, 0.25) is 5.91 Å². The maximum absolute atomic E-state index is 12.3. The van der Waals surface area contributed by atoms with E-state index >= 15 is 0 Å². The van der Waals surface area contributed by atoms with Crippen molar-refractivity contribution >= 4 is 27.7 Å². The number of halogens is 1. The standard InChI is InChI=1S/C20H23BrN2O3/c1-15(22-20(25)16-6-4-3-5-7-16)14-19(24)23(2)12-13-26-18-10-8-17(21)9-11-18/h3-11,15H,12-14H2,1-2H3,(H,22,25). The molecule has 2 rings (SSSR count). The summed E-state index contributed by atoms with van der Waals surface area (Å²) in [5, 5.41) is 2.85. The fourth-order valence-electron chi connectivity index (χ4n) is 2.32. The summed E-state index contributed by atoms with van der Waals surface area (Å²) < 4.78 is 6.61. The number of hydrogen-bond donors (Lipinski definition) is 1. The molecule has 0 fully saturated rings. The summed E-state index contributed by atoms with van der Waals surface area (Å²) in [6, 6.07) is 16.3. The first kappa shape index (κ1) is 20.0. The number of carbonyl (C=O) groups excluding carboxylic acids is 2. The fraction of sp³-hybridized carbons (Fsp3) is 0.300. The van der Waals surface area contributed by atoms with Gasteiger partial charge in [-0.1, -0.05) is 34.1 Å². The molecular weight excluding hydrogens is 396 g/mol. The number of rotatable bonds is 8. The lowest BCUT2D eigenvalue weighted by molar-refractivity contribution is -0.130. The molecule has 0 aliphatic carbocycles. The van der Waals surface area contributed by atoms with Crippen LogP contribution in [0.4, 0.5) is 0 Å². The zero-order valence-corrected chi connectivity index (χ0v) is 16.5. The summed E-state index contributed by atoms with van der Waals surface area (Å²) >= 11 is 3.37. The molecular formula is C20H23BrN2O3. The molecule has 0 spiro atoms. The van der Waals surface area contributed by atoms with E-state index in [1.165, 1.54) is 0 Å². The Morgan fingerprint density at radius 3 is 2.42 bits per heavy atom. The first-order chi connectivity index (χ1) is 12.5. The number of amides is 2. The molecule has 2 aromatic carbocycles. The molecule has 6 heteroatoms. The Morgan fingerprint density at radius 1 is 1.12 bits per heavy atom. The van der Waals surface area contributed by atoms with Crippen LogP contribution < -0.4 is 10.1 Å². The van der Waals surface area contributed by atoms with Crippen molar-refractivity contribution in [1.29, 1.82) is 0 Å². The lowest BCUT2D eigenvalue weighted by Crippen LogP contribution is -2.39. The van der Waals surface area contributed by atoms with Gasteiger partial charge in [0.25, 0.3) is 5.91 Å². The second kappa shape index (κ2) is 9.97. The molecule has 138 valence electrons. The molecule has 0 saturated carbocycles. The highest BCUT2D eigenvalue weighted by Gasteiger charge is 2.16. The number of ether oxygens (including phenoxy) is 1. The molecule has 0 saturated heterocycles. The summed E-state index contributed by atoms with van der Waals surface area (Å²) in [6.07, 6.45) is 0.243. The van der Waals surface area contributed by atoms with Gasteiger partial charge in [-0.3, -0.25) is 9.59 Å². The predicted molar refractivity (Wildman–Crippen MR) is 105 cm³/mol. The van der Waals surface area contributed by atoms with Gasteiger partial charge in [-0.15, -0.1) is 0 Å². The molecule has 0 aromatic heterocycles. The van der Waals surface area contributed by atoms with Crippen molar-refractivity contribution in [3.8, 4) is 5.75 Å². The lowest BCUT2D eigenvalue weighted by atomic mass is 10.1. The van der Waals surface area contributed by atoms with E-state index < -0.39 is 0 Å². The molecule has 0 radical (unpaired) electrons. The van der Waals surface area contributed by atoms with Gasteiger partial charge in [-0.2, -0.15) is 0 Å². The maximum Gasteiger partial charge on any atom is 0.251 e. The molecule has 1 unspecified atom stereocenters. The number of carbonyl (C=O) groups is 2. The molecule has 0 heterocycles. The van der Waals surface area contributed by atoms with Gasteiger partial charge in [-0.05, 0) is 43.3 Å². The second-order valence-electron chi connectivity index (χ2n) is 6.06. The molecule has 26 heavy (non-hydrogen) atoms. The first-order valence-corrected chi connectivity index (χ1v) is 9.23. The minimum atomic E-state index is -0.245. The SMILES string of the molecule is CC(CC(=O)N(C)CCOc1ccc(Br)cc1)NC(=O)c1ccccc1. The average Bonchev–Trinajstić information content (AvgIpc) is 2.63. The predicted octanol–water partition coefficient (Wildman–Crippen LogP) is 3.49. The van der Waals surface area contributed by atoms with E-state index in [9.17, 15) is 9.59 Å². The Labute approximate surface area is 162 Å². The Morgan fingerprint density at radius 2 is 1.77 bits per heavy atom. The van der Waals surface area contributed by atoms with Gasteiger partial charge >= 0.3 is 0 Å². The monoisotopic (exact) mass is 418 g/mol. The van der Waals surface area contributed by atoms with E-state index in [1.807, 2.05) is 49.4 Å². The zero-order chi connectivity index (χ0) is 18.9. The highest BCUT2D eigenvalue weighted by molar-refractivity contribution is 9.10. The van der Waals surface area contributed by atoms with Crippen LogP contribution in [0.25, 0.3) is 0 Å². The number of benzene rings is 2. The number of nitrogens with one attached hydrogen (secondary N) is 1. The largest absolute Gasteiger partial charge is 0.492 e. The van der Waals surface area contributed by atoms with Crippen LogP contribution >= 0.6 is 15.9 Å². The van der Waals surface area contributed by atoms with Crippen molar-refractivity contribution in [2.45, 2.75) is 19.4 Å². The van der Waals surface area contributed by atoms with Crippen LogP contribution in [0.15, 0.2) is 59.1 Å². The van der Waals surface area contributed by atoms with Crippen LogP contribution in [0.2, 0.25) is 0 Å². The lowest BCUT2D eigenvalue weighted by Gasteiger charge is -2.20. The third-order valence-electron chi connectivity index (χ3n) is 3.83. The Kier molecular flexibility index (Phi) is 7.66. The van der Waals surface area contributed by atoms with Crippen LogP contribution in [0.1, 0.15) is 23.7 Å². The van der Waals surface area contributed by atoms with Crippen LogP contribution in [0.5, 0.6) is 5.75 Å². The number of likely N-dealkylation sites (N-methyl/N-ethyl adjacent to an activating group) is 1. The number of hydrogen-bond acceptors (Lipinski definition) is 3. The first-order valence-electron chi connectivity index (χ1n) is 8.44. The zero-order valence-electron chi connectivity index (χ0n) is 14.9. The van der Waals surface area contributed by atoms with Crippen LogP contribution in [-0.2, 0) is 4.79 Å². The van der Waals surface area contributed by atoms with E-state index in [1.54, 1.807) is 24.1 Å². The molecule has 0 aliphatic heterocycles. The average molecular weight is 419 g/mol. The van der Waals surface area contributed by atoms with E-state index in [0.29, 0.717) is 18.7 Å². The smallest absolute Gasteiger partial charge is 0.251 e. The van der Waals surface area contributed by atoms with Crippen molar-refractivity contribution in [3.63, 3.8) is 0 Å². The van der Waals surface area contributed by atoms with Crippen molar-refractivity contribution in [2.24, 2.45) is 0 Å². The second-order valence-corrected chi connectivity index (χ2v) is 6.98. The summed E-state index contributed by atoms with van der Waals surface area (Å²) in [7, 11) is 1.74. The van der Waals surface area contributed by atoms with E-state index in [0.717, 1.165) is 10.2 Å². The minimum absolute atomic E-state index is 0.0368. The molecule has 2 aromatic rings. The Hall–Kier alpha value is -2.34. The van der Waals surface area contributed by atoms with E-state index in [-0.39, 0.29) is 24.3 Å². The maximum atomic E-state index is 12.3. The summed E-state index contributed by atoms with van der Waals surface area (Å²) in [5.74, 6) is 0.551. The van der Waals surface area contributed by atoms with E-state index in [2.05, 4.69) is 21.2 Å². The van der Waals surface area contributed by atoms with Crippen molar-refractivity contribution in [1.82, 2.24) is 10.2 Å². The van der Waals surface area contributed by atoms with Gasteiger partial charge in [0.1, 0.15) is 12.4 Å². The Balaban J connectivity index is 1.72. The van der Waals surface area contributed by atoms with Gasteiger partial charge in [0.15, 0.2) is 0 Å². The van der Waals surface area contributed by atoms with Gasteiger partial charge in [-0.25, -0.2) is 0 Å². The van der Waals surface area contributed by atoms with Crippen LogP contribution in [0, 0.1) is 0 Å². The summed E-state index contributed by atoms with van der Waals surface area (Å²) in [5.41, 5.74) is 0.586. The quantitative estimate of drug-likeness (QED) is 0.713. The molecule has 5 nitrogen and oxygen atoms in total. The van der Waals surface area contributed by atoms with Crippen molar-refractivity contribution < 1.29 is 14.3 Å². The number of nitrogens with zero attached hydrogens (tertiary/aromatic N) is 1. The fourth-order valence-corrected chi connectivity index (χ4v) is 2.59. The van der Waals surface area contributed by atoms with Crippen LogP contribution in [0.3, 0.4) is 0 Å².